The van der Waals surface area contributed by atoms with Gasteiger partial charge in [0, 0.05) is 15.1 Å². The number of benzene rings is 2. The first-order chi connectivity index (χ1) is 8.91. The van der Waals surface area contributed by atoms with Gasteiger partial charge in [-0.25, -0.2) is 4.39 Å². The van der Waals surface area contributed by atoms with Crippen molar-refractivity contribution in [3.05, 3.63) is 67.4 Å². The Hall–Kier alpha value is -0.610. The maximum Gasteiger partial charge on any atom is 0.148 e. The summed E-state index contributed by atoms with van der Waals surface area (Å²) in [5.41, 5.74) is 8.12. The third-order valence-corrected chi connectivity index (χ3v) is 4.62. The van der Waals surface area contributed by atoms with Crippen LogP contribution in [-0.2, 0) is 0 Å². The maximum absolute atomic E-state index is 14.1. The summed E-state index contributed by atoms with van der Waals surface area (Å²) in [5.74, 6) is -0.514. The van der Waals surface area contributed by atoms with E-state index in [0.717, 1.165) is 11.1 Å². The van der Waals surface area contributed by atoms with Gasteiger partial charge in [0.05, 0.1) is 11.1 Å². The number of halogens is 4. The fraction of sp³-hybridized carbons (Fsp3) is 0.143. The van der Waals surface area contributed by atoms with Gasteiger partial charge in [-0.3, -0.25) is 0 Å². The number of hydrogen-bond acceptors (Lipinski definition) is 1. The van der Waals surface area contributed by atoms with Gasteiger partial charge in [0.1, 0.15) is 5.82 Å². The Bertz CT molecular complexity index is 631. The standard InChI is InChI=1S/C14H11BrCl2FN/c1-7-2-3-8(6-11(7)16)14(19)9-4-5-10(15)12(17)13(9)18/h2-6,14H,19H2,1H3. The fourth-order valence-corrected chi connectivity index (χ4v) is 2.43. The Labute approximate surface area is 129 Å². The molecule has 2 rings (SSSR count). The average molecular weight is 363 g/mol. The van der Waals surface area contributed by atoms with Gasteiger partial charge in [0.2, 0.25) is 0 Å². The van der Waals surface area contributed by atoms with Crippen LogP contribution in [0.25, 0.3) is 0 Å². The minimum absolute atomic E-state index is 0.0335. The fourth-order valence-electron chi connectivity index (χ4n) is 1.76. The molecule has 1 atom stereocenters. The van der Waals surface area contributed by atoms with Crippen LogP contribution < -0.4 is 5.73 Å². The van der Waals surface area contributed by atoms with Gasteiger partial charge in [0.25, 0.3) is 0 Å². The van der Waals surface area contributed by atoms with E-state index in [9.17, 15) is 4.39 Å². The molecule has 0 aliphatic carbocycles. The normalized spacial score (nSPS) is 12.5. The van der Waals surface area contributed by atoms with E-state index in [4.69, 9.17) is 28.9 Å². The predicted molar refractivity (Wildman–Crippen MR) is 81.3 cm³/mol. The number of rotatable bonds is 2. The molecule has 19 heavy (non-hydrogen) atoms. The molecule has 0 amide bonds. The lowest BCUT2D eigenvalue weighted by molar-refractivity contribution is 0.599. The van der Waals surface area contributed by atoms with Gasteiger partial charge in [-0.2, -0.15) is 0 Å². The summed E-state index contributed by atoms with van der Waals surface area (Å²) in [5, 5.41) is 0.641. The third-order valence-electron chi connectivity index (χ3n) is 2.96. The molecule has 0 spiro atoms. The number of aryl methyl sites for hydroxylation is 1. The second-order valence-electron chi connectivity index (χ2n) is 4.25. The summed E-state index contributed by atoms with van der Waals surface area (Å²) in [6.07, 6.45) is 0. The molecule has 2 aromatic carbocycles. The molecule has 5 heteroatoms. The lowest BCUT2D eigenvalue weighted by Gasteiger charge is -2.15. The van der Waals surface area contributed by atoms with Crippen LogP contribution in [0, 0.1) is 12.7 Å². The third kappa shape index (κ3) is 2.95. The van der Waals surface area contributed by atoms with E-state index >= 15 is 0 Å². The summed E-state index contributed by atoms with van der Waals surface area (Å²) in [4.78, 5) is 0. The minimum atomic E-state index is -0.608. The lowest BCUT2D eigenvalue weighted by Crippen LogP contribution is -2.14. The van der Waals surface area contributed by atoms with Gasteiger partial charge in [0.15, 0.2) is 0 Å². The Morgan fingerprint density at radius 3 is 2.53 bits per heavy atom. The zero-order valence-electron chi connectivity index (χ0n) is 10.1. The topological polar surface area (TPSA) is 26.0 Å². The second-order valence-corrected chi connectivity index (χ2v) is 5.89. The summed E-state index contributed by atoms with van der Waals surface area (Å²) >= 11 is 15.1. The van der Waals surface area contributed by atoms with Gasteiger partial charge in [-0.15, -0.1) is 0 Å². The van der Waals surface area contributed by atoms with Crippen molar-refractivity contribution in [2.75, 3.05) is 0 Å². The van der Waals surface area contributed by atoms with Crippen LogP contribution in [0.15, 0.2) is 34.8 Å². The van der Waals surface area contributed by atoms with Crippen LogP contribution in [0.4, 0.5) is 4.39 Å². The van der Waals surface area contributed by atoms with E-state index in [1.165, 1.54) is 0 Å². The van der Waals surface area contributed by atoms with Crippen molar-refractivity contribution in [2.24, 2.45) is 5.73 Å². The van der Waals surface area contributed by atoms with Gasteiger partial charge >= 0.3 is 0 Å². The SMILES string of the molecule is Cc1ccc(C(N)c2ccc(Br)c(Cl)c2F)cc1Cl. The highest BCUT2D eigenvalue weighted by atomic mass is 79.9. The predicted octanol–water partition coefficient (Wildman–Crippen LogP) is 5.25. The molecule has 0 saturated carbocycles. The van der Waals surface area contributed by atoms with Crippen LogP contribution in [0.3, 0.4) is 0 Å². The summed E-state index contributed by atoms with van der Waals surface area (Å²) in [7, 11) is 0. The van der Waals surface area contributed by atoms with Crippen molar-refractivity contribution < 1.29 is 4.39 Å². The smallest absolute Gasteiger partial charge is 0.148 e. The maximum atomic E-state index is 14.1. The Balaban J connectivity index is 2.47. The highest BCUT2D eigenvalue weighted by Crippen LogP contribution is 2.32. The van der Waals surface area contributed by atoms with E-state index in [2.05, 4.69) is 15.9 Å². The van der Waals surface area contributed by atoms with Gasteiger partial charge in [-0.05, 0) is 46.1 Å². The summed E-state index contributed by atoms with van der Waals surface area (Å²) in [6, 6.07) is 8.12. The van der Waals surface area contributed by atoms with Crippen LogP contribution in [0.5, 0.6) is 0 Å². The van der Waals surface area contributed by atoms with Crippen LogP contribution in [0.1, 0.15) is 22.7 Å². The van der Waals surface area contributed by atoms with Crippen LogP contribution in [0.2, 0.25) is 10.0 Å². The Kier molecular flexibility index (Phi) is 4.51. The zero-order valence-corrected chi connectivity index (χ0v) is 13.2. The molecule has 0 radical (unpaired) electrons. The van der Waals surface area contributed by atoms with E-state index in [1.54, 1.807) is 18.2 Å². The first-order valence-corrected chi connectivity index (χ1v) is 7.11. The molecule has 1 nitrogen and oxygen atoms in total. The molecule has 100 valence electrons. The average Bonchev–Trinajstić information content (AvgIpc) is 2.39. The van der Waals surface area contributed by atoms with Crippen molar-refractivity contribution in [3.8, 4) is 0 Å². The van der Waals surface area contributed by atoms with Crippen molar-refractivity contribution >= 4 is 39.1 Å². The minimum Gasteiger partial charge on any atom is -0.320 e. The summed E-state index contributed by atoms with van der Waals surface area (Å²) in [6.45, 7) is 1.90. The largest absolute Gasteiger partial charge is 0.320 e. The van der Waals surface area contributed by atoms with Crippen LogP contribution in [-0.4, -0.2) is 0 Å². The molecule has 0 heterocycles. The van der Waals surface area contributed by atoms with E-state index in [-0.39, 0.29) is 5.02 Å². The lowest BCUT2D eigenvalue weighted by atomic mass is 9.98. The summed E-state index contributed by atoms with van der Waals surface area (Å²) < 4.78 is 14.6. The molecule has 0 aliphatic heterocycles. The molecule has 0 saturated heterocycles. The molecular formula is C14H11BrCl2FN. The van der Waals surface area contributed by atoms with E-state index < -0.39 is 11.9 Å². The molecule has 1 unspecified atom stereocenters. The molecule has 0 aliphatic rings. The zero-order chi connectivity index (χ0) is 14.2. The number of nitrogens with two attached hydrogens (primary N) is 1. The van der Waals surface area contributed by atoms with Crippen molar-refractivity contribution in [1.82, 2.24) is 0 Å². The molecule has 0 aromatic heterocycles. The quantitative estimate of drug-likeness (QED) is 0.725. The van der Waals surface area contributed by atoms with Gasteiger partial charge < -0.3 is 5.73 Å². The van der Waals surface area contributed by atoms with E-state index in [1.807, 2.05) is 19.1 Å². The Morgan fingerprint density at radius 2 is 1.89 bits per heavy atom. The van der Waals surface area contributed by atoms with E-state index in [0.29, 0.717) is 15.1 Å². The van der Waals surface area contributed by atoms with Crippen LogP contribution >= 0.6 is 39.1 Å². The highest BCUT2D eigenvalue weighted by molar-refractivity contribution is 9.10. The van der Waals surface area contributed by atoms with Crippen molar-refractivity contribution in [1.29, 1.82) is 0 Å². The second kappa shape index (κ2) is 5.80. The molecular weight excluding hydrogens is 352 g/mol. The first kappa shape index (κ1) is 14.8. The molecule has 2 aromatic rings. The van der Waals surface area contributed by atoms with Gasteiger partial charge in [-0.1, -0.05) is 41.4 Å². The monoisotopic (exact) mass is 361 g/mol. The number of hydrogen-bond donors (Lipinski definition) is 1. The molecule has 2 N–H and O–H groups in total. The molecule has 0 fully saturated rings. The molecule has 0 bridgehead atoms. The highest BCUT2D eigenvalue weighted by Gasteiger charge is 2.18. The Morgan fingerprint density at radius 1 is 1.21 bits per heavy atom. The van der Waals surface area contributed by atoms with Crippen molar-refractivity contribution in [2.45, 2.75) is 13.0 Å². The first-order valence-electron chi connectivity index (χ1n) is 5.57. The van der Waals surface area contributed by atoms with Crippen molar-refractivity contribution in [3.63, 3.8) is 0 Å².